The summed E-state index contributed by atoms with van der Waals surface area (Å²) < 4.78 is 6.14. The molecule has 2 aliphatic heterocycles. The van der Waals surface area contributed by atoms with E-state index >= 15 is 0 Å². The lowest BCUT2D eigenvalue weighted by Crippen LogP contribution is -2.36. The lowest BCUT2D eigenvalue weighted by atomic mass is 10.00. The zero-order valence-corrected chi connectivity index (χ0v) is 16.3. The molecular formula is C24H20N2O4. The van der Waals surface area contributed by atoms with Crippen LogP contribution in [0.2, 0.25) is 0 Å². The maximum atomic E-state index is 13.3. The predicted molar refractivity (Wildman–Crippen MR) is 116 cm³/mol. The molecule has 0 unspecified atom stereocenters. The van der Waals surface area contributed by atoms with Crippen molar-refractivity contribution < 1.29 is 14.5 Å². The highest BCUT2D eigenvalue weighted by molar-refractivity contribution is 6.03. The first-order chi connectivity index (χ1) is 14.6. The number of hydrogen-bond acceptors (Lipinski definition) is 4. The largest absolute Gasteiger partial charge is 0.456 e. The van der Waals surface area contributed by atoms with E-state index in [2.05, 4.69) is 0 Å². The number of non-ortho nitro benzene ring substituents is 1. The Balaban J connectivity index is 1.67. The fourth-order valence-electron chi connectivity index (χ4n) is 4.24. The number of nitro benzene ring substituents is 1. The lowest BCUT2D eigenvalue weighted by Gasteiger charge is -2.27. The van der Waals surface area contributed by atoms with Crippen LogP contribution in [0.25, 0.3) is 22.9 Å². The van der Waals surface area contributed by atoms with E-state index in [1.54, 1.807) is 4.90 Å². The Kier molecular flexibility index (Phi) is 4.47. The summed E-state index contributed by atoms with van der Waals surface area (Å²) in [5.41, 5.74) is 1.64. The first-order valence-corrected chi connectivity index (χ1v) is 10.1. The van der Waals surface area contributed by atoms with Crippen molar-refractivity contribution in [3.63, 3.8) is 0 Å². The summed E-state index contributed by atoms with van der Waals surface area (Å²) in [6, 6.07) is 14.6. The van der Waals surface area contributed by atoms with E-state index in [0.717, 1.165) is 35.6 Å². The van der Waals surface area contributed by atoms with Gasteiger partial charge < -0.3 is 9.64 Å². The summed E-state index contributed by atoms with van der Waals surface area (Å²) in [6.07, 6.45) is 6.78. The van der Waals surface area contributed by atoms with Crippen molar-refractivity contribution in [3.05, 3.63) is 75.3 Å². The summed E-state index contributed by atoms with van der Waals surface area (Å²) in [5, 5.41) is 13.7. The van der Waals surface area contributed by atoms with E-state index in [1.165, 1.54) is 12.1 Å². The van der Waals surface area contributed by atoms with E-state index in [1.807, 2.05) is 48.6 Å². The van der Waals surface area contributed by atoms with Crippen molar-refractivity contribution >= 4 is 34.5 Å². The Hall–Kier alpha value is -3.67. The van der Waals surface area contributed by atoms with Crippen molar-refractivity contribution in [2.45, 2.75) is 19.3 Å². The van der Waals surface area contributed by atoms with Gasteiger partial charge in [0.1, 0.15) is 11.5 Å². The highest BCUT2D eigenvalue weighted by Gasteiger charge is 2.27. The zero-order chi connectivity index (χ0) is 20.7. The minimum absolute atomic E-state index is 0.147. The van der Waals surface area contributed by atoms with E-state index in [4.69, 9.17) is 4.74 Å². The van der Waals surface area contributed by atoms with Crippen LogP contribution in [-0.4, -0.2) is 28.8 Å². The normalized spacial score (nSPS) is 15.1. The number of hydrogen-bond donors (Lipinski definition) is 0. The van der Waals surface area contributed by atoms with Crippen LogP contribution < -0.4 is 4.74 Å². The molecule has 30 heavy (non-hydrogen) atoms. The number of nitrogens with zero attached hydrogens (tertiary/aromatic N) is 2. The highest BCUT2D eigenvalue weighted by Crippen LogP contribution is 2.41. The van der Waals surface area contributed by atoms with Crippen LogP contribution in [-0.2, 0) is 0 Å². The van der Waals surface area contributed by atoms with Gasteiger partial charge in [0.05, 0.1) is 16.6 Å². The minimum atomic E-state index is -0.480. The van der Waals surface area contributed by atoms with Gasteiger partial charge in [-0.2, -0.15) is 0 Å². The first kappa shape index (κ1) is 18.4. The maximum Gasteiger partial charge on any atom is 0.274 e. The van der Waals surface area contributed by atoms with Gasteiger partial charge in [-0.15, -0.1) is 0 Å². The summed E-state index contributed by atoms with van der Waals surface area (Å²) >= 11 is 0. The Morgan fingerprint density at radius 1 is 0.933 bits per heavy atom. The number of ether oxygens (including phenoxy) is 1. The van der Waals surface area contributed by atoms with Crippen molar-refractivity contribution in [1.29, 1.82) is 0 Å². The second kappa shape index (κ2) is 7.30. The van der Waals surface area contributed by atoms with Gasteiger partial charge in [-0.1, -0.05) is 30.3 Å². The molecule has 0 aromatic heterocycles. The predicted octanol–water partition coefficient (Wildman–Crippen LogP) is 5.65. The molecule has 3 aromatic rings. The van der Waals surface area contributed by atoms with Crippen molar-refractivity contribution in [2.24, 2.45) is 0 Å². The van der Waals surface area contributed by atoms with Gasteiger partial charge >= 0.3 is 0 Å². The van der Waals surface area contributed by atoms with Gasteiger partial charge in [0.2, 0.25) is 0 Å². The quantitative estimate of drug-likeness (QED) is 0.322. The van der Waals surface area contributed by atoms with Gasteiger partial charge in [-0.3, -0.25) is 14.9 Å². The van der Waals surface area contributed by atoms with Gasteiger partial charge in [-0.05, 0) is 48.3 Å². The molecule has 0 spiro atoms. The standard InChI is InChI=1S/C24H20N2O4/c27-24(25-12-4-1-5-13-25)21-14-17(26(28)29)15-23-20(21)10-9-19-18-7-3-2-6-16(18)8-11-22(19)30-23/h2-3,6-11,14-15H,1,4-5,12-13H2. The number of fused-ring (bicyclic) bond motifs is 4. The molecule has 0 saturated carbocycles. The van der Waals surface area contributed by atoms with Crippen LogP contribution in [0.4, 0.5) is 5.69 Å². The Labute approximate surface area is 173 Å². The Bertz CT molecular complexity index is 1210. The molecule has 2 aliphatic rings. The van der Waals surface area contributed by atoms with Gasteiger partial charge in [0.15, 0.2) is 0 Å². The highest BCUT2D eigenvalue weighted by atomic mass is 16.6. The molecule has 0 radical (unpaired) electrons. The maximum absolute atomic E-state index is 13.3. The summed E-state index contributed by atoms with van der Waals surface area (Å²) in [4.78, 5) is 26.1. The summed E-state index contributed by atoms with van der Waals surface area (Å²) in [5.74, 6) is 0.758. The van der Waals surface area contributed by atoms with Crippen LogP contribution in [0.15, 0.2) is 48.5 Å². The Morgan fingerprint density at radius 2 is 1.70 bits per heavy atom. The minimum Gasteiger partial charge on any atom is -0.456 e. The Morgan fingerprint density at radius 3 is 2.50 bits per heavy atom. The molecule has 6 nitrogen and oxygen atoms in total. The third kappa shape index (κ3) is 3.10. The fraction of sp³-hybridized carbons (Fsp3) is 0.208. The van der Waals surface area contributed by atoms with Crippen LogP contribution in [0.3, 0.4) is 0 Å². The molecule has 1 fully saturated rings. The van der Waals surface area contributed by atoms with E-state index in [-0.39, 0.29) is 11.6 Å². The molecular weight excluding hydrogens is 380 g/mol. The van der Waals surface area contributed by atoms with E-state index in [9.17, 15) is 14.9 Å². The average Bonchev–Trinajstić information content (AvgIpc) is 2.98. The second-order valence-corrected chi connectivity index (χ2v) is 7.65. The molecule has 0 aliphatic carbocycles. The number of carbonyl (C=O) groups is 1. The topological polar surface area (TPSA) is 72.7 Å². The average molecular weight is 400 g/mol. The molecule has 6 heteroatoms. The lowest BCUT2D eigenvalue weighted by molar-refractivity contribution is -0.384. The monoisotopic (exact) mass is 400 g/mol. The molecule has 2 heterocycles. The molecule has 0 atom stereocenters. The number of likely N-dealkylation sites (tertiary alicyclic amines) is 1. The number of benzene rings is 3. The van der Waals surface area contributed by atoms with E-state index in [0.29, 0.717) is 35.7 Å². The fourth-order valence-corrected chi connectivity index (χ4v) is 4.24. The van der Waals surface area contributed by atoms with Gasteiger partial charge in [-0.25, -0.2) is 0 Å². The first-order valence-electron chi connectivity index (χ1n) is 10.1. The second-order valence-electron chi connectivity index (χ2n) is 7.65. The molecule has 3 aromatic carbocycles. The van der Waals surface area contributed by atoms with E-state index < -0.39 is 4.92 Å². The van der Waals surface area contributed by atoms with Crippen LogP contribution in [0, 0.1) is 10.1 Å². The summed E-state index contributed by atoms with van der Waals surface area (Å²) in [7, 11) is 0. The SMILES string of the molecule is O=C(c1cc([N+](=O)[O-])cc2c1C=Cc1c(ccc3ccccc13)O2)N1CCCCC1. The molecule has 0 N–H and O–H groups in total. The zero-order valence-electron chi connectivity index (χ0n) is 16.3. The number of piperidine rings is 1. The molecule has 150 valence electrons. The summed E-state index contributed by atoms with van der Waals surface area (Å²) in [6.45, 7) is 1.34. The number of rotatable bonds is 2. The number of nitro groups is 1. The van der Waals surface area contributed by atoms with Crippen molar-refractivity contribution in [1.82, 2.24) is 4.90 Å². The smallest absolute Gasteiger partial charge is 0.274 e. The molecule has 0 bridgehead atoms. The van der Waals surface area contributed by atoms with Crippen LogP contribution in [0.1, 0.15) is 40.7 Å². The molecule has 1 amide bonds. The van der Waals surface area contributed by atoms with Crippen LogP contribution >= 0.6 is 0 Å². The number of carbonyl (C=O) groups excluding carboxylic acids is 1. The third-order valence-electron chi connectivity index (χ3n) is 5.78. The van der Waals surface area contributed by atoms with Crippen molar-refractivity contribution in [2.75, 3.05) is 13.1 Å². The molecule has 5 rings (SSSR count). The third-order valence-corrected chi connectivity index (χ3v) is 5.78. The van der Waals surface area contributed by atoms with Crippen molar-refractivity contribution in [3.8, 4) is 11.5 Å². The molecule has 1 saturated heterocycles. The van der Waals surface area contributed by atoms with Gasteiger partial charge in [0, 0.05) is 30.3 Å². The van der Waals surface area contributed by atoms with Crippen LogP contribution in [0.5, 0.6) is 11.5 Å². The van der Waals surface area contributed by atoms with Gasteiger partial charge in [0.25, 0.3) is 11.6 Å². The number of amides is 1.